The highest BCUT2D eigenvalue weighted by atomic mass is 19.1. The number of aromatic nitrogens is 2. The number of rotatable bonds is 5. The van der Waals surface area contributed by atoms with Gasteiger partial charge in [-0.1, -0.05) is 25.1 Å². The third-order valence-electron chi connectivity index (χ3n) is 3.14. The molecule has 0 amide bonds. The fourth-order valence-corrected chi connectivity index (χ4v) is 1.72. The lowest BCUT2D eigenvalue weighted by atomic mass is 10.0. The van der Waals surface area contributed by atoms with Gasteiger partial charge in [-0.2, -0.15) is 4.98 Å². The maximum Gasteiger partial charge on any atom is 0.228 e. The van der Waals surface area contributed by atoms with Crippen molar-refractivity contribution in [1.29, 1.82) is 0 Å². The van der Waals surface area contributed by atoms with Crippen LogP contribution in [0.1, 0.15) is 31.1 Å². The summed E-state index contributed by atoms with van der Waals surface area (Å²) in [7, 11) is 0. The molecule has 2 rings (SSSR count). The molecular weight excluding hydrogens is 264 g/mol. The van der Waals surface area contributed by atoms with Gasteiger partial charge in [-0.25, -0.2) is 8.78 Å². The van der Waals surface area contributed by atoms with Gasteiger partial charge in [-0.05, 0) is 17.5 Å². The standard InChI is InChI=1S/C14H17F2N3O/c1-8(2)12(17)7-14-18-13(19-20-14)5-9-3-4-10(15)6-11(9)16/h3-4,6,8,12H,5,7,17H2,1-2H3. The first-order valence-corrected chi connectivity index (χ1v) is 6.46. The van der Waals surface area contributed by atoms with Crippen molar-refractivity contribution < 1.29 is 13.3 Å². The van der Waals surface area contributed by atoms with Crippen LogP contribution in [0, 0.1) is 17.6 Å². The predicted molar refractivity (Wildman–Crippen MR) is 70.0 cm³/mol. The van der Waals surface area contributed by atoms with E-state index in [9.17, 15) is 8.78 Å². The Labute approximate surface area is 116 Å². The van der Waals surface area contributed by atoms with Gasteiger partial charge in [0.15, 0.2) is 5.82 Å². The molecule has 1 aromatic carbocycles. The Morgan fingerprint density at radius 3 is 2.70 bits per heavy atom. The average molecular weight is 281 g/mol. The van der Waals surface area contributed by atoms with E-state index in [0.717, 1.165) is 6.07 Å². The zero-order chi connectivity index (χ0) is 14.7. The summed E-state index contributed by atoms with van der Waals surface area (Å²) < 4.78 is 31.4. The van der Waals surface area contributed by atoms with E-state index >= 15 is 0 Å². The van der Waals surface area contributed by atoms with Crippen LogP contribution in [-0.4, -0.2) is 16.2 Å². The highest BCUT2D eigenvalue weighted by Gasteiger charge is 2.15. The molecule has 0 saturated heterocycles. The predicted octanol–water partition coefficient (Wildman–Crippen LogP) is 2.46. The monoisotopic (exact) mass is 281 g/mol. The van der Waals surface area contributed by atoms with Gasteiger partial charge < -0.3 is 10.3 Å². The SMILES string of the molecule is CC(C)C(N)Cc1nc(Cc2ccc(F)cc2F)no1. The Morgan fingerprint density at radius 1 is 1.30 bits per heavy atom. The van der Waals surface area contributed by atoms with Crippen molar-refractivity contribution in [3.63, 3.8) is 0 Å². The van der Waals surface area contributed by atoms with Crippen molar-refractivity contribution in [2.75, 3.05) is 0 Å². The smallest absolute Gasteiger partial charge is 0.228 e. The molecule has 0 aliphatic rings. The molecular formula is C14H17F2N3O. The first kappa shape index (κ1) is 14.6. The molecule has 1 atom stereocenters. The van der Waals surface area contributed by atoms with Gasteiger partial charge in [-0.3, -0.25) is 0 Å². The van der Waals surface area contributed by atoms with Crippen LogP contribution < -0.4 is 5.73 Å². The molecule has 0 spiro atoms. The van der Waals surface area contributed by atoms with E-state index in [4.69, 9.17) is 10.3 Å². The first-order valence-electron chi connectivity index (χ1n) is 6.46. The van der Waals surface area contributed by atoms with Gasteiger partial charge >= 0.3 is 0 Å². The minimum Gasteiger partial charge on any atom is -0.339 e. The fourth-order valence-electron chi connectivity index (χ4n) is 1.72. The van der Waals surface area contributed by atoms with Crippen molar-refractivity contribution in [3.05, 3.63) is 47.1 Å². The van der Waals surface area contributed by atoms with Gasteiger partial charge in [0, 0.05) is 24.9 Å². The number of benzene rings is 1. The van der Waals surface area contributed by atoms with E-state index in [-0.39, 0.29) is 12.5 Å². The van der Waals surface area contributed by atoms with Crippen LogP contribution in [0.25, 0.3) is 0 Å². The van der Waals surface area contributed by atoms with E-state index in [0.29, 0.717) is 29.6 Å². The van der Waals surface area contributed by atoms with Crippen LogP contribution in [-0.2, 0) is 12.8 Å². The summed E-state index contributed by atoms with van der Waals surface area (Å²) in [5.74, 6) is -0.122. The molecule has 6 heteroatoms. The van der Waals surface area contributed by atoms with E-state index < -0.39 is 11.6 Å². The van der Waals surface area contributed by atoms with Crippen molar-refractivity contribution in [1.82, 2.24) is 10.1 Å². The van der Waals surface area contributed by atoms with E-state index in [2.05, 4.69) is 10.1 Å². The molecule has 1 unspecified atom stereocenters. The molecule has 0 aliphatic heterocycles. The highest BCUT2D eigenvalue weighted by Crippen LogP contribution is 2.14. The Bertz CT molecular complexity index is 584. The summed E-state index contributed by atoms with van der Waals surface area (Å²) in [6.07, 6.45) is 0.642. The van der Waals surface area contributed by atoms with Crippen molar-refractivity contribution in [2.24, 2.45) is 11.7 Å². The summed E-state index contributed by atoms with van der Waals surface area (Å²) in [6.45, 7) is 4.02. The molecule has 1 aromatic heterocycles. The molecule has 108 valence electrons. The van der Waals surface area contributed by atoms with Gasteiger partial charge in [0.05, 0.1) is 0 Å². The van der Waals surface area contributed by atoms with Crippen molar-refractivity contribution in [3.8, 4) is 0 Å². The van der Waals surface area contributed by atoms with Gasteiger partial charge in [0.25, 0.3) is 0 Å². The largest absolute Gasteiger partial charge is 0.339 e. The number of nitrogens with two attached hydrogens (primary N) is 1. The van der Waals surface area contributed by atoms with Crippen molar-refractivity contribution >= 4 is 0 Å². The Morgan fingerprint density at radius 2 is 2.05 bits per heavy atom. The van der Waals surface area contributed by atoms with E-state index in [1.54, 1.807) is 0 Å². The minimum atomic E-state index is -0.616. The van der Waals surface area contributed by atoms with Crippen LogP contribution in [0.5, 0.6) is 0 Å². The third kappa shape index (κ3) is 3.60. The molecule has 4 nitrogen and oxygen atoms in total. The second kappa shape index (κ2) is 6.09. The minimum absolute atomic E-state index is 0.0640. The molecule has 20 heavy (non-hydrogen) atoms. The van der Waals surface area contributed by atoms with Gasteiger partial charge in [0.2, 0.25) is 5.89 Å². The second-order valence-electron chi connectivity index (χ2n) is 5.13. The third-order valence-corrected chi connectivity index (χ3v) is 3.14. The Balaban J connectivity index is 2.06. The Kier molecular flexibility index (Phi) is 4.44. The van der Waals surface area contributed by atoms with E-state index in [1.165, 1.54) is 12.1 Å². The first-order chi connectivity index (χ1) is 9.45. The summed E-state index contributed by atoms with van der Waals surface area (Å²) >= 11 is 0. The topological polar surface area (TPSA) is 64.9 Å². The lowest BCUT2D eigenvalue weighted by Gasteiger charge is -2.11. The van der Waals surface area contributed by atoms with Crippen molar-refractivity contribution in [2.45, 2.75) is 32.7 Å². The van der Waals surface area contributed by atoms with Crippen LogP contribution in [0.4, 0.5) is 8.78 Å². The quantitative estimate of drug-likeness (QED) is 0.914. The van der Waals surface area contributed by atoms with Crippen LogP contribution >= 0.6 is 0 Å². The van der Waals surface area contributed by atoms with Crippen LogP contribution in [0.3, 0.4) is 0 Å². The molecule has 0 bridgehead atoms. The zero-order valence-electron chi connectivity index (χ0n) is 11.4. The molecule has 1 heterocycles. The fraction of sp³-hybridized carbons (Fsp3) is 0.429. The number of nitrogens with zero attached hydrogens (tertiary/aromatic N) is 2. The number of hydrogen-bond acceptors (Lipinski definition) is 4. The normalized spacial score (nSPS) is 12.9. The summed E-state index contributed by atoms with van der Waals surface area (Å²) in [6, 6.07) is 3.35. The lowest BCUT2D eigenvalue weighted by Crippen LogP contribution is -2.28. The Hall–Kier alpha value is -1.82. The highest BCUT2D eigenvalue weighted by molar-refractivity contribution is 5.21. The summed E-state index contributed by atoms with van der Waals surface area (Å²) in [5.41, 5.74) is 6.25. The molecule has 2 aromatic rings. The van der Waals surface area contributed by atoms with Gasteiger partial charge in [0.1, 0.15) is 11.6 Å². The lowest BCUT2D eigenvalue weighted by molar-refractivity contribution is 0.350. The maximum absolute atomic E-state index is 13.5. The van der Waals surface area contributed by atoms with Gasteiger partial charge in [-0.15, -0.1) is 0 Å². The van der Waals surface area contributed by atoms with E-state index in [1.807, 2.05) is 13.8 Å². The van der Waals surface area contributed by atoms with Crippen LogP contribution in [0.15, 0.2) is 22.7 Å². The molecule has 0 saturated carbocycles. The second-order valence-corrected chi connectivity index (χ2v) is 5.13. The maximum atomic E-state index is 13.5. The molecule has 0 radical (unpaired) electrons. The average Bonchev–Trinajstić information content (AvgIpc) is 2.80. The molecule has 0 fully saturated rings. The van der Waals surface area contributed by atoms with Crippen LogP contribution in [0.2, 0.25) is 0 Å². The summed E-state index contributed by atoms with van der Waals surface area (Å²) in [4.78, 5) is 4.17. The number of halogens is 2. The zero-order valence-corrected chi connectivity index (χ0v) is 11.4. The molecule has 0 aliphatic carbocycles. The molecule has 2 N–H and O–H groups in total. The number of hydrogen-bond donors (Lipinski definition) is 1. The summed E-state index contributed by atoms with van der Waals surface area (Å²) in [5, 5.41) is 3.79.